The van der Waals surface area contributed by atoms with Crippen molar-refractivity contribution in [1.82, 2.24) is 10.2 Å². The predicted octanol–water partition coefficient (Wildman–Crippen LogP) is 3.17. The zero-order valence-electron chi connectivity index (χ0n) is 21.5. The summed E-state index contributed by atoms with van der Waals surface area (Å²) >= 11 is 0. The van der Waals surface area contributed by atoms with Crippen molar-refractivity contribution in [2.75, 3.05) is 13.7 Å². The number of carbonyl (C=O) groups is 2. The molecule has 1 saturated carbocycles. The molecule has 0 aromatic heterocycles. The molecule has 8 nitrogen and oxygen atoms in total. The first-order valence-corrected chi connectivity index (χ1v) is 12.2. The number of amides is 2. The van der Waals surface area contributed by atoms with Gasteiger partial charge in [-0.2, -0.15) is 0 Å². The van der Waals surface area contributed by atoms with E-state index in [4.69, 9.17) is 15.2 Å². The van der Waals surface area contributed by atoms with Crippen LogP contribution in [-0.4, -0.2) is 59.2 Å². The molecule has 1 aliphatic carbocycles. The van der Waals surface area contributed by atoms with Crippen molar-refractivity contribution in [3.63, 3.8) is 0 Å². The van der Waals surface area contributed by atoms with E-state index in [-0.39, 0.29) is 30.8 Å². The van der Waals surface area contributed by atoms with E-state index in [1.807, 2.05) is 52.8 Å². The number of carbonyl (C=O) groups excluding carboxylic acids is 2. The number of rotatable bonds is 7. The Morgan fingerprint density at radius 1 is 1.34 bits per heavy atom. The average Bonchev–Trinajstić information content (AvgIpc) is 3.41. The number of benzene rings is 1. The van der Waals surface area contributed by atoms with Gasteiger partial charge < -0.3 is 20.5 Å². The summed E-state index contributed by atoms with van der Waals surface area (Å²) in [7, 11) is 1.55. The molecular weight excluding hydrogens is 451 g/mol. The molecule has 35 heavy (non-hydrogen) atoms. The summed E-state index contributed by atoms with van der Waals surface area (Å²) in [5.74, 6) is -0.811. The number of hydrogen-bond donors (Lipinski definition) is 2. The van der Waals surface area contributed by atoms with Crippen LogP contribution in [0.15, 0.2) is 23.2 Å². The van der Waals surface area contributed by atoms with Crippen molar-refractivity contribution in [3.8, 4) is 5.75 Å². The lowest BCUT2D eigenvalue weighted by Crippen LogP contribution is -2.56. The minimum absolute atomic E-state index is 0.0148. The third-order valence-corrected chi connectivity index (χ3v) is 7.18. The van der Waals surface area contributed by atoms with Crippen LogP contribution in [-0.2, 0) is 14.3 Å². The van der Waals surface area contributed by atoms with Crippen molar-refractivity contribution in [2.24, 2.45) is 16.6 Å². The normalized spacial score (nSPS) is 29.5. The molecule has 0 saturated heterocycles. The molecule has 0 radical (unpaired) electrons. The number of guanidine groups is 1. The second kappa shape index (κ2) is 8.76. The molecule has 4 atom stereocenters. The zero-order chi connectivity index (χ0) is 25.8. The Morgan fingerprint density at radius 3 is 2.71 bits per heavy atom. The number of hydrogen-bond acceptors (Lipinski definition) is 6. The lowest BCUT2D eigenvalue weighted by Gasteiger charge is -2.39. The predicted molar refractivity (Wildman–Crippen MR) is 131 cm³/mol. The van der Waals surface area contributed by atoms with Gasteiger partial charge in [0.2, 0.25) is 5.91 Å². The number of fused-ring (bicyclic) bond motifs is 1. The van der Waals surface area contributed by atoms with Gasteiger partial charge in [0.25, 0.3) is 5.91 Å². The quantitative estimate of drug-likeness (QED) is 0.613. The number of halogens is 1. The van der Waals surface area contributed by atoms with E-state index < -0.39 is 34.7 Å². The van der Waals surface area contributed by atoms with Crippen molar-refractivity contribution < 1.29 is 23.5 Å². The fraction of sp³-hybridized carbons (Fsp3) is 0.654. The highest BCUT2D eigenvalue weighted by molar-refractivity contribution is 6.00. The van der Waals surface area contributed by atoms with Crippen LogP contribution in [0.4, 0.5) is 4.39 Å². The highest BCUT2D eigenvalue weighted by atomic mass is 19.1. The van der Waals surface area contributed by atoms with Gasteiger partial charge in [0, 0.05) is 37.7 Å². The highest BCUT2D eigenvalue weighted by Gasteiger charge is 2.66. The number of aliphatic imine (C=N–C) groups is 1. The van der Waals surface area contributed by atoms with Gasteiger partial charge in [-0.15, -0.1) is 0 Å². The SMILES string of the molecule is COCC[C@H]([C@H]1C[C@]1(F)C(=O)N[C@H]1CC(C)(C)Oc2ccc(C)cc21)N1C(=O)CC(C)(C)N=C1N. The molecule has 1 aromatic carbocycles. The molecule has 2 aliphatic heterocycles. The Bertz CT molecular complexity index is 1060. The van der Waals surface area contributed by atoms with Gasteiger partial charge in [0.1, 0.15) is 11.4 Å². The average molecular weight is 489 g/mol. The smallest absolute Gasteiger partial charge is 0.258 e. The second-order valence-electron chi connectivity index (χ2n) is 11.4. The van der Waals surface area contributed by atoms with Crippen LogP contribution in [0.2, 0.25) is 0 Å². The van der Waals surface area contributed by atoms with Crippen molar-refractivity contribution >= 4 is 17.8 Å². The first-order valence-electron chi connectivity index (χ1n) is 12.2. The molecular formula is C26H37FN4O4. The van der Waals surface area contributed by atoms with E-state index in [2.05, 4.69) is 10.3 Å². The van der Waals surface area contributed by atoms with Gasteiger partial charge in [0.15, 0.2) is 11.6 Å². The maximum Gasteiger partial charge on any atom is 0.258 e. The Labute approximate surface area is 206 Å². The van der Waals surface area contributed by atoms with Crippen molar-refractivity contribution in [3.05, 3.63) is 29.3 Å². The van der Waals surface area contributed by atoms with Gasteiger partial charge in [-0.25, -0.2) is 9.38 Å². The number of nitrogens with one attached hydrogen (secondary N) is 1. The molecule has 1 fully saturated rings. The summed E-state index contributed by atoms with van der Waals surface area (Å²) in [4.78, 5) is 32.1. The van der Waals surface area contributed by atoms with E-state index in [1.165, 1.54) is 4.90 Å². The third-order valence-electron chi connectivity index (χ3n) is 7.18. The van der Waals surface area contributed by atoms with Gasteiger partial charge in [-0.05, 0) is 53.5 Å². The number of alkyl halides is 1. The molecule has 0 bridgehead atoms. The molecule has 2 amide bonds. The topological polar surface area (TPSA) is 106 Å². The van der Waals surface area contributed by atoms with E-state index >= 15 is 4.39 Å². The molecule has 0 spiro atoms. The number of nitrogens with zero attached hydrogens (tertiary/aromatic N) is 2. The maximum absolute atomic E-state index is 16.1. The third kappa shape index (κ3) is 5.01. The number of nitrogens with two attached hydrogens (primary N) is 1. The van der Waals surface area contributed by atoms with Crippen molar-refractivity contribution in [2.45, 2.75) is 89.2 Å². The van der Waals surface area contributed by atoms with E-state index in [9.17, 15) is 9.59 Å². The second-order valence-corrected chi connectivity index (χ2v) is 11.4. The Balaban J connectivity index is 1.56. The molecule has 2 heterocycles. The van der Waals surface area contributed by atoms with Gasteiger partial charge in [-0.1, -0.05) is 17.7 Å². The Kier molecular flexibility index (Phi) is 6.36. The van der Waals surface area contributed by atoms with Gasteiger partial charge >= 0.3 is 0 Å². The van der Waals surface area contributed by atoms with Crippen LogP contribution in [0.25, 0.3) is 0 Å². The summed E-state index contributed by atoms with van der Waals surface area (Å²) < 4.78 is 27.4. The number of methoxy groups -OCH3 is 1. The fourth-order valence-corrected chi connectivity index (χ4v) is 5.43. The van der Waals surface area contributed by atoms with E-state index in [0.29, 0.717) is 25.2 Å². The minimum Gasteiger partial charge on any atom is -0.487 e. The van der Waals surface area contributed by atoms with Gasteiger partial charge in [0.05, 0.1) is 18.0 Å². The highest BCUT2D eigenvalue weighted by Crippen LogP contribution is 2.53. The minimum atomic E-state index is -2.10. The maximum atomic E-state index is 16.1. The molecule has 3 N–H and O–H groups in total. The van der Waals surface area contributed by atoms with Crippen LogP contribution in [0.5, 0.6) is 5.75 Å². The summed E-state index contributed by atoms with van der Waals surface area (Å²) in [6.45, 7) is 9.84. The summed E-state index contributed by atoms with van der Waals surface area (Å²) in [6, 6.07) is 4.82. The Morgan fingerprint density at radius 2 is 2.06 bits per heavy atom. The van der Waals surface area contributed by atoms with E-state index in [0.717, 1.165) is 11.1 Å². The number of aryl methyl sites for hydroxylation is 1. The molecule has 3 aliphatic rings. The molecule has 1 aromatic rings. The van der Waals surface area contributed by atoms with Gasteiger partial charge in [-0.3, -0.25) is 14.5 Å². The molecule has 192 valence electrons. The fourth-order valence-electron chi connectivity index (χ4n) is 5.43. The standard InChI is InChI=1S/C26H37FN4O4/c1-15-7-8-20-16(11-15)18(13-25(4,5)35-20)29-22(33)26(27)12-17(26)19(9-10-34-6)31-21(32)14-24(2,3)30-23(31)28/h7-8,11,17-19H,9-10,12-14H2,1-6H3,(H2,28,30)(H,29,33)/t17-,18+,19-,26-/m1/s1. The summed E-state index contributed by atoms with van der Waals surface area (Å²) in [5, 5.41) is 2.95. The van der Waals surface area contributed by atoms with Crippen LogP contribution < -0.4 is 15.8 Å². The first-order chi connectivity index (χ1) is 16.3. The van der Waals surface area contributed by atoms with Crippen LogP contribution >= 0.6 is 0 Å². The largest absolute Gasteiger partial charge is 0.487 e. The first kappa shape index (κ1) is 25.4. The van der Waals surface area contributed by atoms with Crippen molar-refractivity contribution in [1.29, 1.82) is 0 Å². The van der Waals surface area contributed by atoms with E-state index in [1.54, 1.807) is 7.11 Å². The lowest BCUT2D eigenvalue weighted by molar-refractivity contribution is -0.134. The summed E-state index contributed by atoms with van der Waals surface area (Å²) in [6.07, 6.45) is 1.06. The summed E-state index contributed by atoms with van der Waals surface area (Å²) in [5.41, 5.74) is 4.83. The van der Waals surface area contributed by atoms with Crippen LogP contribution in [0, 0.1) is 12.8 Å². The van der Waals surface area contributed by atoms with Crippen LogP contribution in [0.3, 0.4) is 0 Å². The zero-order valence-corrected chi connectivity index (χ0v) is 21.5. The lowest BCUT2D eigenvalue weighted by atomic mass is 9.88. The molecule has 4 rings (SSSR count). The molecule has 9 heteroatoms. The Hall–Kier alpha value is -2.68. The monoisotopic (exact) mass is 488 g/mol. The molecule has 0 unspecified atom stereocenters. The van der Waals surface area contributed by atoms with Crippen LogP contribution in [0.1, 0.15) is 70.5 Å². The number of ether oxygens (including phenoxy) is 2.